The minimum Gasteiger partial charge on any atom is -0.479 e. The van der Waals surface area contributed by atoms with E-state index < -0.39 is 6.10 Å². The largest absolute Gasteiger partial charge is 0.479 e. The zero-order chi connectivity index (χ0) is 14.6. The average molecular weight is 275 g/mol. The Hall–Kier alpha value is -1.32. The second-order valence-electron chi connectivity index (χ2n) is 5.53. The number of ether oxygens (including phenoxy) is 1. The highest BCUT2D eigenvalue weighted by molar-refractivity contribution is 5.58. The Kier molecular flexibility index (Phi) is 4.84. The lowest BCUT2D eigenvalue weighted by atomic mass is 9.96. The summed E-state index contributed by atoms with van der Waals surface area (Å²) in [4.78, 5) is 0. The fourth-order valence-electron chi connectivity index (χ4n) is 2.77. The first kappa shape index (κ1) is 15.1. The molecule has 1 heterocycles. The number of hydrogen-bond acceptors (Lipinski definition) is 3. The van der Waals surface area contributed by atoms with Crippen molar-refractivity contribution in [3.8, 4) is 0 Å². The van der Waals surface area contributed by atoms with Gasteiger partial charge in [-0.2, -0.15) is 0 Å². The summed E-state index contributed by atoms with van der Waals surface area (Å²) >= 11 is 0. The van der Waals surface area contributed by atoms with E-state index in [0.29, 0.717) is 0 Å². The fraction of sp³-hybridized carbons (Fsp3) is 0.529. The molecule has 0 aromatic heterocycles. The van der Waals surface area contributed by atoms with Crippen molar-refractivity contribution in [3.05, 3.63) is 41.2 Å². The van der Waals surface area contributed by atoms with Crippen molar-refractivity contribution in [2.45, 2.75) is 51.2 Å². The molecule has 0 bridgehead atoms. The molecule has 3 nitrogen and oxygen atoms in total. The average Bonchev–Trinajstić information content (AvgIpc) is 3.11. The molecule has 0 radical (unpaired) electrons. The van der Waals surface area contributed by atoms with Crippen LogP contribution in [0.15, 0.2) is 30.0 Å². The maximum atomic E-state index is 9.80. The van der Waals surface area contributed by atoms with Crippen molar-refractivity contribution in [3.63, 3.8) is 0 Å². The number of epoxide rings is 1. The van der Waals surface area contributed by atoms with E-state index in [1.807, 2.05) is 24.3 Å². The maximum Gasteiger partial charge on any atom is 0.165 e. The molecule has 1 saturated heterocycles. The number of aliphatic hydroxyl groups is 1. The van der Waals surface area contributed by atoms with Crippen molar-refractivity contribution in [1.82, 2.24) is 0 Å². The van der Waals surface area contributed by atoms with Crippen molar-refractivity contribution in [2.75, 3.05) is 6.54 Å². The lowest BCUT2D eigenvalue weighted by molar-refractivity contribution is 0.186. The molecule has 0 aliphatic carbocycles. The number of aliphatic hydroxyl groups excluding tert-OH is 1. The number of nitrogens with two attached hydrogens (primary N) is 1. The highest BCUT2D eigenvalue weighted by Gasteiger charge is 2.50. The van der Waals surface area contributed by atoms with Crippen LogP contribution in [0.25, 0.3) is 6.08 Å². The summed E-state index contributed by atoms with van der Waals surface area (Å²) in [7, 11) is 0. The Bertz CT molecular complexity index is 476. The molecular weight excluding hydrogens is 250 g/mol. The standard InChI is InChI=1S/C17H25NO2/c1-3-8-17(9-4-2)16(20-17)11-13-6-5-7-14(10-13)15(19)12-18/h5-7,10-11,15,19H,3-4,8-9,12,18H2,1-2H3/t15-/m1/s1. The third-order valence-electron chi connectivity index (χ3n) is 3.84. The van der Waals surface area contributed by atoms with Crippen LogP contribution in [0.3, 0.4) is 0 Å². The molecule has 1 aliphatic rings. The molecule has 1 fully saturated rings. The summed E-state index contributed by atoms with van der Waals surface area (Å²) in [6.07, 6.45) is 5.92. The third kappa shape index (κ3) is 3.22. The molecule has 0 unspecified atom stereocenters. The van der Waals surface area contributed by atoms with Crippen molar-refractivity contribution >= 4 is 6.08 Å². The highest BCUT2D eigenvalue weighted by atomic mass is 16.6. The molecule has 0 amide bonds. The molecule has 3 heteroatoms. The highest BCUT2D eigenvalue weighted by Crippen LogP contribution is 2.49. The summed E-state index contributed by atoms with van der Waals surface area (Å²) in [5.74, 6) is 1.08. The second kappa shape index (κ2) is 6.42. The molecular formula is C17H25NO2. The van der Waals surface area contributed by atoms with Gasteiger partial charge in [0, 0.05) is 6.54 Å². The predicted octanol–water partition coefficient (Wildman–Crippen LogP) is 3.39. The second-order valence-corrected chi connectivity index (χ2v) is 5.53. The normalized spacial score (nSPS) is 19.7. The summed E-state index contributed by atoms with van der Waals surface area (Å²) in [5.41, 5.74) is 7.41. The van der Waals surface area contributed by atoms with Gasteiger partial charge in [-0.05, 0) is 36.1 Å². The van der Waals surface area contributed by atoms with Crippen molar-refractivity contribution < 1.29 is 9.84 Å². The van der Waals surface area contributed by atoms with Crippen LogP contribution >= 0.6 is 0 Å². The molecule has 3 N–H and O–H groups in total. The zero-order valence-corrected chi connectivity index (χ0v) is 12.4. The smallest absolute Gasteiger partial charge is 0.165 e. The van der Waals surface area contributed by atoms with Gasteiger partial charge in [-0.1, -0.05) is 44.9 Å². The van der Waals surface area contributed by atoms with E-state index in [1.54, 1.807) is 0 Å². The first-order chi connectivity index (χ1) is 9.65. The number of rotatable bonds is 7. The summed E-state index contributed by atoms with van der Waals surface area (Å²) in [6, 6.07) is 7.86. The quantitative estimate of drug-likeness (QED) is 0.750. The molecule has 1 aromatic carbocycles. The lowest BCUT2D eigenvalue weighted by Gasteiger charge is -2.08. The minimum atomic E-state index is -0.593. The van der Waals surface area contributed by atoms with Gasteiger partial charge < -0.3 is 15.6 Å². The Morgan fingerprint density at radius 2 is 2.00 bits per heavy atom. The van der Waals surface area contributed by atoms with Gasteiger partial charge in [0.05, 0.1) is 6.10 Å². The van der Waals surface area contributed by atoms with Gasteiger partial charge >= 0.3 is 0 Å². The fourth-order valence-corrected chi connectivity index (χ4v) is 2.77. The Balaban J connectivity index is 2.16. The third-order valence-corrected chi connectivity index (χ3v) is 3.84. The summed E-state index contributed by atoms with van der Waals surface area (Å²) in [5, 5.41) is 9.80. The van der Waals surface area contributed by atoms with E-state index in [0.717, 1.165) is 42.6 Å². The maximum absolute atomic E-state index is 9.80. The van der Waals surface area contributed by atoms with Gasteiger partial charge in [0.1, 0.15) is 5.76 Å². The molecule has 1 atom stereocenters. The van der Waals surface area contributed by atoms with Crippen LogP contribution in [-0.4, -0.2) is 17.3 Å². The molecule has 20 heavy (non-hydrogen) atoms. The topological polar surface area (TPSA) is 58.8 Å². The van der Waals surface area contributed by atoms with Crippen LogP contribution in [0, 0.1) is 0 Å². The van der Waals surface area contributed by atoms with E-state index in [2.05, 4.69) is 19.9 Å². The van der Waals surface area contributed by atoms with E-state index in [-0.39, 0.29) is 12.1 Å². The van der Waals surface area contributed by atoms with Crippen LogP contribution in [0.2, 0.25) is 0 Å². The van der Waals surface area contributed by atoms with Gasteiger partial charge in [0.15, 0.2) is 5.60 Å². The minimum absolute atomic E-state index is 0.0218. The summed E-state index contributed by atoms with van der Waals surface area (Å²) < 4.78 is 5.89. The predicted molar refractivity (Wildman–Crippen MR) is 82.1 cm³/mol. The van der Waals surface area contributed by atoms with Gasteiger partial charge in [-0.25, -0.2) is 0 Å². The first-order valence-corrected chi connectivity index (χ1v) is 7.54. The molecule has 2 rings (SSSR count). The Labute approximate surface area is 121 Å². The van der Waals surface area contributed by atoms with E-state index in [9.17, 15) is 5.11 Å². The van der Waals surface area contributed by atoms with Gasteiger partial charge in [0.2, 0.25) is 0 Å². The SMILES string of the molecule is CCCC1(CCC)OC1=Cc1cccc([C@H](O)CN)c1. The summed E-state index contributed by atoms with van der Waals surface area (Å²) in [6.45, 7) is 4.62. The van der Waals surface area contributed by atoms with Crippen LogP contribution in [-0.2, 0) is 4.74 Å². The molecule has 0 saturated carbocycles. The zero-order valence-electron chi connectivity index (χ0n) is 12.4. The van der Waals surface area contributed by atoms with E-state index >= 15 is 0 Å². The monoisotopic (exact) mass is 275 g/mol. The molecule has 110 valence electrons. The number of benzene rings is 1. The molecule has 1 aliphatic heterocycles. The first-order valence-electron chi connectivity index (χ1n) is 7.54. The van der Waals surface area contributed by atoms with Crippen molar-refractivity contribution in [1.29, 1.82) is 0 Å². The molecule has 1 aromatic rings. The van der Waals surface area contributed by atoms with Crippen LogP contribution in [0.5, 0.6) is 0 Å². The Morgan fingerprint density at radius 1 is 1.30 bits per heavy atom. The Morgan fingerprint density at radius 3 is 2.60 bits per heavy atom. The van der Waals surface area contributed by atoms with Crippen LogP contribution < -0.4 is 5.73 Å². The van der Waals surface area contributed by atoms with E-state index in [1.165, 1.54) is 0 Å². The number of hydrogen-bond donors (Lipinski definition) is 2. The van der Waals surface area contributed by atoms with Crippen LogP contribution in [0.4, 0.5) is 0 Å². The van der Waals surface area contributed by atoms with Gasteiger partial charge in [-0.3, -0.25) is 0 Å². The molecule has 0 spiro atoms. The van der Waals surface area contributed by atoms with Crippen molar-refractivity contribution in [2.24, 2.45) is 5.73 Å². The van der Waals surface area contributed by atoms with Crippen LogP contribution in [0.1, 0.15) is 56.8 Å². The van der Waals surface area contributed by atoms with E-state index in [4.69, 9.17) is 10.5 Å². The van der Waals surface area contributed by atoms with Gasteiger partial charge in [0.25, 0.3) is 0 Å². The van der Waals surface area contributed by atoms with Gasteiger partial charge in [-0.15, -0.1) is 0 Å². The lowest BCUT2D eigenvalue weighted by Crippen LogP contribution is -2.11.